The van der Waals surface area contributed by atoms with Crippen molar-refractivity contribution < 1.29 is 18.3 Å². The molecule has 9 heteroatoms. The van der Waals surface area contributed by atoms with Crippen LogP contribution in [0.1, 0.15) is 36.4 Å². The molecule has 0 saturated carbocycles. The Labute approximate surface area is 184 Å². The molecule has 32 heavy (non-hydrogen) atoms. The molecular formula is C23H25F2N5O2. The summed E-state index contributed by atoms with van der Waals surface area (Å²) in [6.07, 6.45) is 6.09. The lowest BCUT2D eigenvalue weighted by Crippen LogP contribution is -2.40. The third-order valence-corrected chi connectivity index (χ3v) is 6.26. The number of aromatic nitrogens is 3. The Hall–Kier alpha value is -3.07. The Balaban J connectivity index is 1.37. The number of hydrogen-bond donors (Lipinski definition) is 0. The molecule has 168 valence electrons. The monoisotopic (exact) mass is 441 g/mol. The summed E-state index contributed by atoms with van der Waals surface area (Å²) in [7, 11) is 0. The fourth-order valence-electron chi connectivity index (χ4n) is 4.59. The number of ether oxygens (including phenoxy) is 1. The number of halogens is 2. The van der Waals surface area contributed by atoms with Crippen molar-refractivity contribution in [2.75, 3.05) is 37.7 Å². The summed E-state index contributed by atoms with van der Waals surface area (Å²) >= 11 is 0. The van der Waals surface area contributed by atoms with E-state index >= 15 is 0 Å². The number of nitrogens with zero attached hydrogens (tertiary/aromatic N) is 5. The SMILES string of the molecule is O=C(CCc1cnn2ccc(N3CCC[C@@H]3c3cc(F)ccc3F)nc12)N1CCOCC1. The maximum Gasteiger partial charge on any atom is 0.223 e. The highest BCUT2D eigenvalue weighted by atomic mass is 19.1. The summed E-state index contributed by atoms with van der Waals surface area (Å²) in [6.45, 7) is 3.13. The molecule has 0 bridgehead atoms. The van der Waals surface area contributed by atoms with Crippen molar-refractivity contribution in [3.8, 4) is 0 Å². The maximum absolute atomic E-state index is 14.4. The Morgan fingerprint density at radius 1 is 1.16 bits per heavy atom. The van der Waals surface area contributed by atoms with Gasteiger partial charge in [0.25, 0.3) is 0 Å². The van der Waals surface area contributed by atoms with E-state index in [1.807, 2.05) is 22.1 Å². The first kappa shape index (κ1) is 20.8. The van der Waals surface area contributed by atoms with Gasteiger partial charge in [-0.25, -0.2) is 18.3 Å². The van der Waals surface area contributed by atoms with E-state index in [0.717, 1.165) is 24.5 Å². The molecule has 1 aromatic carbocycles. The third-order valence-electron chi connectivity index (χ3n) is 6.26. The number of benzene rings is 1. The van der Waals surface area contributed by atoms with Crippen LogP contribution in [0, 0.1) is 11.6 Å². The number of aryl methyl sites for hydroxylation is 1. The van der Waals surface area contributed by atoms with Gasteiger partial charge in [0.15, 0.2) is 5.65 Å². The van der Waals surface area contributed by atoms with Crippen LogP contribution >= 0.6 is 0 Å². The van der Waals surface area contributed by atoms with Gasteiger partial charge in [-0.1, -0.05) is 0 Å². The minimum Gasteiger partial charge on any atom is -0.378 e. The molecule has 2 saturated heterocycles. The van der Waals surface area contributed by atoms with Crippen molar-refractivity contribution in [3.63, 3.8) is 0 Å². The van der Waals surface area contributed by atoms with E-state index < -0.39 is 11.6 Å². The second-order valence-corrected chi connectivity index (χ2v) is 8.23. The summed E-state index contributed by atoms with van der Waals surface area (Å²) in [5.41, 5.74) is 1.93. The van der Waals surface area contributed by atoms with Crippen molar-refractivity contribution >= 4 is 17.4 Å². The number of carbonyl (C=O) groups is 1. The third kappa shape index (κ3) is 4.04. The van der Waals surface area contributed by atoms with Gasteiger partial charge in [-0.2, -0.15) is 5.10 Å². The van der Waals surface area contributed by atoms with E-state index in [9.17, 15) is 13.6 Å². The minimum atomic E-state index is -0.445. The standard InChI is InChI=1S/C23H25F2N5O2/c24-17-4-5-19(25)18(14-17)20-2-1-8-29(20)21-7-9-30-23(27-21)16(15-26-30)3-6-22(31)28-10-12-32-13-11-28/h4-5,7,9,14-15,20H,1-3,6,8,10-13H2/t20-/m1/s1. The van der Waals surface area contributed by atoms with Gasteiger partial charge in [-0.15, -0.1) is 0 Å². The molecule has 0 radical (unpaired) electrons. The molecule has 2 fully saturated rings. The lowest BCUT2D eigenvalue weighted by atomic mass is 10.0. The van der Waals surface area contributed by atoms with Crippen LogP contribution < -0.4 is 4.90 Å². The first-order valence-electron chi connectivity index (χ1n) is 11.0. The van der Waals surface area contributed by atoms with Gasteiger partial charge in [0, 0.05) is 43.4 Å². The molecule has 0 unspecified atom stereocenters. The zero-order chi connectivity index (χ0) is 22.1. The molecule has 4 heterocycles. The number of rotatable bonds is 5. The predicted molar refractivity (Wildman–Crippen MR) is 114 cm³/mol. The minimum absolute atomic E-state index is 0.102. The van der Waals surface area contributed by atoms with Crippen molar-refractivity contribution in [2.24, 2.45) is 0 Å². The number of fused-ring (bicyclic) bond motifs is 1. The number of hydrogen-bond acceptors (Lipinski definition) is 5. The van der Waals surface area contributed by atoms with Crippen molar-refractivity contribution in [1.29, 1.82) is 0 Å². The van der Waals surface area contributed by atoms with E-state index in [4.69, 9.17) is 9.72 Å². The number of carbonyl (C=O) groups excluding carboxylic acids is 1. The molecule has 0 N–H and O–H groups in total. The highest BCUT2D eigenvalue weighted by molar-refractivity contribution is 5.76. The zero-order valence-electron chi connectivity index (χ0n) is 17.7. The second kappa shape index (κ2) is 8.82. The largest absolute Gasteiger partial charge is 0.378 e. The number of morpholine rings is 1. The van der Waals surface area contributed by atoms with Crippen LogP contribution in [-0.4, -0.2) is 58.3 Å². The molecule has 3 aromatic rings. The molecule has 1 atom stereocenters. The van der Waals surface area contributed by atoms with Gasteiger partial charge < -0.3 is 14.5 Å². The molecule has 5 rings (SSSR count). The van der Waals surface area contributed by atoms with Crippen LogP contribution in [0.2, 0.25) is 0 Å². The molecule has 0 spiro atoms. The normalized spacial score (nSPS) is 19.1. The summed E-state index contributed by atoms with van der Waals surface area (Å²) in [6, 6.07) is 5.17. The number of amides is 1. The predicted octanol–water partition coefficient (Wildman–Crippen LogP) is 3.14. The fraction of sp³-hybridized carbons (Fsp3) is 0.435. The highest BCUT2D eigenvalue weighted by Gasteiger charge is 2.30. The zero-order valence-corrected chi connectivity index (χ0v) is 17.7. The Bertz CT molecular complexity index is 1130. The highest BCUT2D eigenvalue weighted by Crippen LogP contribution is 2.36. The summed E-state index contributed by atoms with van der Waals surface area (Å²) in [5.74, 6) is -0.0503. The van der Waals surface area contributed by atoms with E-state index in [2.05, 4.69) is 5.10 Å². The van der Waals surface area contributed by atoms with Crippen LogP contribution in [0.3, 0.4) is 0 Å². The fourth-order valence-corrected chi connectivity index (χ4v) is 4.59. The van der Waals surface area contributed by atoms with Crippen LogP contribution in [0.4, 0.5) is 14.6 Å². The average Bonchev–Trinajstić information content (AvgIpc) is 3.46. The van der Waals surface area contributed by atoms with E-state index in [1.165, 1.54) is 12.1 Å². The van der Waals surface area contributed by atoms with Gasteiger partial charge >= 0.3 is 0 Å². The molecule has 0 aliphatic carbocycles. The van der Waals surface area contributed by atoms with Crippen LogP contribution in [0.25, 0.3) is 5.65 Å². The molecule has 2 aromatic heterocycles. The lowest BCUT2D eigenvalue weighted by Gasteiger charge is -2.27. The van der Waals surface area contributed by atoms with E-state index in [1.54, 1.807) is 10.7 Å². The van der Waals surface area contributed by atoms with Gasteiger partial charge in [0.05, 0.1) is 25.5 Å². The van der Waals surface area contributed by atoms with Crippen molar-refractivity contribution in [2.45, 2.75) is 31.7 Å². The average molecular weight is 441 g/mol. The second-order valence-electron chi connectivity index (χ2n) is 8.23. The molecule has 7 nitrogen and oxygen atoms in total. The van der Waals surface area contributed by atoms with Crippen LogP contribution in [0.5, 0.6) is 0 Å². The van der Waals surface area contributed by atoms with E-state index in [0.29, 0.717) is 62.7 Å². The molecular weight excluding hydrogens is 416 g/mol. The van der Waals surface area contributed by atoms with Gasteiger partial charge in [-0.3, -0.25) is 4.79 Å². The Morgan fingerprint density at radius 2 is 2.00 bits per heavy atom. The molecule has 1 amide bonds. The smallest absolute Gasteiger partial charge is 0.223 e. The van der Waals surface area contributed by atoms with E-state index in [-0.39, 0.29) is 11.9 Å². The maximum atomic E-state index is 14.4. The Morgan fingerprint density at radius 3 is 2.84 bits per heavy atom. The molecule has 2 aliphatic rings. The van der Waals surface area contributed by atoms with Gasteiger partial charge in [0.2, 0.25) is 5.91 Å². The van der Waals surface area contributed by atoms with Crippen LogP contribution in [-0.2, 0) is 16.0 Å². The summed E-state index contributed by atoms with van der Waals surface area (Å²) in [5, 5.41) is 4.36. The quantitative estimate of drug-likeness (QED) is 0.609. The molecule has 2 aliphatic heterocycles. The summed E-state index contributed by atoms with van der Waals surface area (Å²) in [4.78, 5) is 21.2. The van der Waals surface area contributed by atoms with Crippen molar-refractivity contribution in [3.05, 3.63) is 59.4 Å². The van der Waals surface area contributed by atoms with Crippen molar-refractivity contribution in [1.82, 2.24) is 19.5 Å². The van der Waals surface area contributed by atoms with Gasteiger partial charge in [0.1, 0.15) is 17.5 Å². The van der Waals surface area contributed by atoms with Crippen LogP contribution in [0.15, 0.2) is 36.7 Å². The number of anilines is 1. The lowest BCUT2D eigenvalue weighted by molar-refractivity contribution is -0.135. The topological polar surface area (TPSA) is 63.0 Å². The van der Waals surface area contributed by atoms with Gasteiger partial charge in [-0.05, 0) is 43.5 Å². The first-order valence-corrected chi connectivity index (χ1v) is 11.0. The first-order chi connectivity index (χ1) is 15.6. The Kier molecular flexibility index (Phi) is 5.73. The summed E-state index contributed by atoms with van der Waals surface area (Å²) < 4.78 is 35.2.